The fourth-order valence-corrected chi connectivity index (χ4v) is 2.53. The van der Waals surface area contributed by atoms with Crippen molar-refractivity contribution in [2.75, 3.05) is 26.1 Å². The molecule has 8 nitrogen and oxygen atoms in total. The van der Waals surface area contributed by atoms with Crippen LogP contribution in [0.5, 0.6) is 17.4 Å². The summed E-state index contributed by atoms with van der Waals surface area (Å²) in [6.07, 6.45) is 3.39. The van der Waals surface area contributed by atoms with Crippen molar-refractivity contribution in [1.29, 1.82) is 0 Å². The molecule has 1 fully saturated rings. The van der Waals surface area contributed by atoms with Crippen LogP contribution in [0.4, 0.5) is 5.69 Å². The van der Waals surface area contributed by atoms with E-state index in [9.17, 15) is 9.59 Å². The highest BCUT2D eigenvalue weighted by atomic mass is 16.5. The molecule has 1 heterocycles. The molecule has 0 unspecified atom stereocenters. The minimum atomic E-state index is -0.294. The van der Waals surface area contributed by atoms with Crippen LogP contribution in [0.3, 0.4) is 0 Å². The van der Waals surface area contributed by atoms with Crippen LogP contribution >= 0.6 is 0 Å². The maximum absolute atomic E-state index is 12.0. The number of carbonyl (C=O) groups excluding carboxylic acids is 2. The molecule has 0 spiro atoms. The molecule has 1 aromatic heterocycles. The Bertz CT molecular complexity index is 834. The first-order chi connectivity index (χ1) is 13.6. The Morgan fingerprint density at radius 2 is 1.96 bits per heavy atom. The van der Waals surface area contributed by atoms with Gasteiger partial charge in [-0.3, -0.25) is 9.59 Å². The summed E-state index contributed by atoms with van der Waals surface area (Å²) in [5, 5.41) is 5.56. The molecule has 2 N–H and O–H groups in total. The second-order valence-corrected chi connectivity index (χ2v) is 6.39. The summed E-state index contributed by atoms with van der Waals surface area (Å²) in [5.41, 5.74) is 1.41. The van der Waals surface area contributed by atoms with Crippen molar-refractivity contribution in [3.8, 4) is 17.4 Å². The predicted octanol–water partition coefficient (Wildman–Crippen LogP) is 2.14. The standard InChI is InChI=1S/C20H23N3O5/c1-26-16-6-7-17(27-2)14(9-16)10-21-18(24)12-28-19-8-5-15(11-22-19)23-20(25)13-3-4-13/h5-9,11,13H,3-4,10,12H2,1-2H3,(H,21,24)(H,23,25). The third-order valence-corrected chi connectivity index (χ3v) is 4.27. The van der Waals surface area contributed by atoms with Crippen molar-refractivity contribution in [1.82, 2.24) is 10.3 Å². The highest BCUT2D eigenvalue weighted by Gasteiger charge is 2.29. The normalized spacial score (nSPS) is 12.8. The Labute approximate surface area is 163 Å². The number of hydrogen-bond donors (Lipinski definition) is 2. The summed E-state index contributed by atoms with van der Waals surface area (Å²) in [7, 11) is 3.15. The van der Waals surface area contributed by atoms with Gasteiger partial charge in [-0.2, -0.15) is 0 Å². The molecule has 0 bridgehead atoms. The number of nitrogens with one attached hydrogen (secondary N) is 2. The van der Waals surface area contributed by atoms with Gasteiger partial charge in [0, 0.05) is 24.1 Å². The molecule has 148 valence electrons. The Morgan fingerprint density at radius 3 is 2.61 bits per heavy atom. The lowest BCUT2D eigenvalue weighted by Gasteiger charge is -2.12. The average Bonchev–Trinajstić information content (AvgIpc) is 3.57. The molecule has 1 aliphatic rings. The maximum Gasteiger partial charge on any atom is 0.258 e. The van der Waals surface area contributed by atoms with Crippen molar-refractivity contribution >= 4 is 17.5 Å². The summed E-state index contributed by atoms with van der Waals surface area (Å²) in [6, 6.07) is 8.68. The van der Waals surface area contributed by atoms with Gasteiger partial charge in [0.2, 0.25) is 11.8 Å². The number of hydrogen-bond acceptors (Lipinski definition) is 6. The molecule has 1 aliphatic carbocycles. The number of ether oxygens (including phenoxy) is 3. The van der Waals surface area contributed by atoms with Crippen LogP contribution in [0.25, 0.3) is 0 Å². The van der Waals surface area contributed by atoms with E-state index >= 15 is 0 Å². The zero-order valence-corrected chi connectivity index (χ0v) is 15.9. The van der Waals surface area contributed by atoms with Crippen molar-refractivity contribution in [2.24, 2.45) is 5.92 Å². The monoisotopic (exact) mass is 385 g/mol. The number of methoxy groups -OCH3 is 2. The number of nitrogens with zero attached hydrogens (tertiary/aromatic N) is 1. The van der Waals surface area contributed by atoms with E-state index in [0.29, 0.717) is 23.1 Å². The lowest BCUT2D eigenvalue weighted by atomic mass is 10.2. The van der Waals surface area contributed by atoms with E-state index in [1.54, 1.807) is 44.6 Å². The lowest BCUT2D eigenvalue weighted by Crippen LogP contribution is -2.28. The van der Waals surface area contributed by atoms with Gasteiger partial charge >= 0.3 is 0 Å². The van der Waals surface area contributed by atoms with Crippen molar-refractivity contribution in [2.45, 2.75) is 19.4 Å². The highest BCUT2D eigenvalue weighted by molar-refractivity contribution is 5.93. The zero-order chi connectivity index (χ0) is 19.9. The van der Waals surface area contributed by atoms with Crippen LogP contribution in [0.15, 0.2) is 36.5 Å². The summed E-state index contributed by atoms with van der Waals surface area (Å²) in [6.45, 7) is 0.106. The molecule has 1 saturated carbocycles. The Hall–Kier alpha value is -3.29. The van der Waals surface area contributed by atoms with Gasteiger partial charge in [-0.05, 0) is 37.1 Å². The Balaban J connectivity index is 1.46. The Kier molecular flexibility index (Phi) is 6.31. The number of pyridine rings is 1. The summed E-state index contributed by atoms with van der Waals surface area (Å²) in [5.74, 6) is 1.49. The molecule has 0 atom stereocenters. The Morgan fingerprint density at radius 1 is 1.14 bits per heavy atom. The highest BCUT2D eigenvalue weighted by Crippen LogP contribution is 2.30. The van der Waals surface area contributed by atoms with Crippen LogP contribution in [0, 0.1) is 5.92 Å². The first-order valence-electron chi connectivity index (χ1n) is 8.96. The fourth-order valence-electron chi connectivity index (χ4n) is 2.53. The third kappa shape index (κ3) is 5.35. The minimum absolute atomic E-state index is 0.0165. The number of carbonyl (C=O) groups is 2. The van der Waals surface area contributed by atoms with E-state index < -0.39 is 0 Å². The molecule has 2 amide bonds. The van der Waals surface area contributed by atoms with Gasteiger partial charge in [-0.15, -0.1) is 0 Å². The smallest absolute Gasteiger partial charge is 0.258 e. The van der Waals surface area contributed by atoms with Gasteiger partial charge in [0.25, 0.3) is 5.91 Å². The van der Waals surface area contributed by atoms with Gasteiger partial charge < -0.3 is 24.8 Å². The third-order valence-electron chi connectivity index (χ3n) is 4.27. The predicted molar refractivity (Wildman–Crippen MR) is 102 cm³/mol. The van der Waals surface area contributed by atoms with Crippen LogP contribution in [0.1, 0.15) is 18.4 Å². The van der Waals surface area contributed by atoms with Crippen LogP contribution < -0.4 is 24.8 Å². The van der Waals surface area contributed by atoms with E-state index in [1.807, 2.05) is 0 Å². The van der Waals surface area contributed by atoms with Gasteiger partial charge in [-0.25, -0.2) is 4.98 Å². The van der Waals surface area contributed by atoms with Crippen molar-refractivity contribution in [3.63, 3.8) is 0 Å². The molecular weight excluding hydrogens is 362 g/mol. The molecule has 28 heavy (non-hydrogen) atoms. The fraction of sp³-hybridized carbons (Fsp3) is 0.350. The number of anilines is 1. The lowest BCUT2D eigenvalue weighted by molar-refractivity contribution is -0.123. The minimum Gasteiger partial charge on any atom is -0.497 e. The van der Waals surface area contributed by atoms with Gasteiger partial charge in [0.05, 0.1) is 26.1 Å². The SMILES string of the molecule is COc1ccc(OC)c(CNC(=O)COc2ccc(NC(=O)C3CC3)cn2)c1. The second kappa shape index (κ2) is 9.07. The number of aromatic nitrogens is 1. The first-order valence-corrected chi connectivity index (χ1v) is 8.96. The molecule has 0 radical (unpaired) electrons. The molecule has 8 heteroatoms. The quantitative estimate of drug-likeness (QED) is 0.686. The van der Waals surface area contributed by atoms with E-state index in [1.165, 1.54) is 6.20 Å². The summed E-state index contributed by atoms with van der Waals surface area (Å²) >= 11 is 0. The summed E-state index contributed by atoms with van der Waals surface area (Å²) in [4.78, 5) is 27.9. The number of rotatable bonds is 9. The number of amides is 2. The molecule has 3 rings (SSSR count). The van der Waals surface area contributed by atoms with Crippen molar-refractivity contribution < 1.29 is 23.8 Å². The van der Waals surface area contributed by atoms with Crippen LogP contribution in [-0.4, -0.2) is 37.6 Å². The molecule has 2 aromatic rings. The largest absolute Gasteiger partial charge is 0.497 e. The molecular formula is C20H23N3O5. The maximum atomic E-state index is 12.0. The van der Waals surface area contributed by atoms with Crippen LogP contribution in [-0.2, 0) is 16.1 Å². The first kappa shape index (κ1) is 19.5. The van der Waals surface area contributed by atoms with E-state index in [0.717, 1.165) is 18.4 Å². The van der Waals surface area contributed by atoms with Crippen molar-refractivity contribution in [3.05, 3.63) is 42.1 Å². The van der Waals surface area contributed by atoms with E-state index in [2.05, 4.69) is 15.6 Å². The average molecular weight is 385 g/mol. The molecule has 0 aliphatic heterocycles. The van der Waals surface area contributed by atoms with Gasteiger partial charge in [-0.1, -0.05) is 0 Å². The van der Waals surface area contributed by atoms with Crippen LogP contribution in [0.2, 0.25) is 0 Å². The zero-order valence-electron chi connectivity index (χ0n) is 15.9. The topological polar surface area (TPSA) is 98.8 Å². The molecule has 1 aromatic carbocycles. The van der Waals surface area contributed by atoms with E-state index in [-0.39, 0.29) is 30.9 Å². The van der Waals surface area contributed by atoms with Gasteiger partial charge in [0.15, 0.2) is 6.61 Å². The second-order valence-electron chi connectivity index (χ2n) is 6.39. The van der Waals surface area contributed by atoms with E-state index in [4.69, 9.17) is 14.2 Å². The molecule has 0 saturated heterocycles. The number of benzene rings is 1. The van der Waals surface area contributed by atoms with Gasteiger partial charge in [0.1, 0.15) is 11.5 Å². The summed E-state index contributed by atoms with van der Waals surface area (Å²) < 4.78 is 15.9.